The normalized spacial score (nSPS) is 14.7. The van der Waals surface area contributed by atoms with Crippen LogP contribution < -0.4 is 16.0 Å². The zero-order valence-corrected chi connectivity index (χ0v) is 59.9. The minimum absolute atomic E-state index is 0.574. The Morgan fingerprint density at radius 1 is 0.208 bits per heavy atom. The third-order valence-electron chi connectivity index (χ3n) is 23.2. The number of hydrogen-bond donors (Lipinski definition) is 3. The van der Waals surface area contributed by atoms with Crippen molar-refractivity contribution >= 4 is 143 Å². The standard InChI is InChI=1S/2C34H29NO.C32H27NO/c1-3-11-23(12-4-1)25-16-9-17-27(21-25)35-31-20-10-19-29-32-28-18-8-7-15-26(28)22-30(34(32)36-33(29)31)24-13-5-2-6-14-24;1-3-10-23(11-4-1)24-18-20-27(21-19-24)35-31-17-9-16-29-32-28-15-8-7-14-26(28)22-30(34(32)36-33(29)31)25-12-5-2-6-13-25;1-2-10-22(11-3-1)28-20-24-13-6-7-14-26(24)30-27-15-8-16-29(31(27)34-32(28)30)33-25-18-17-21-9-4-5-12-23(21)19-25/h1,3-4,7-12,15-22,24,35H,2,5-6,13-14H2;1,3-4,7-11,14-22,25,35H,2,5-6,12-13H2;4-9,12-20,22,33H,1-3,10-11H2. The van der Waals surface area contributed by atoms with Crippen molar-refractivity contribution in [3.05, 3.63) is 314 Å². The molecule has 0 radical (unpaired) electrons. The number of hydrogen-bond acceptors (Lipinski definition) is 6. The second kappa shape index (κ2) is 28.6. The molecule has 3 saturated carbocycles. The van der Waals surface area contributed by atoms with E-state index in [0.717, 1.165) is 67.6 Å². The van der Waals surface area contributed by atoms with Gasteiger partial charge in [-0.05, 0) is 211 Å². The number of nitrogens with one attached hydrogen (secondary N) is 3. The fraction of sp³-hybridized carbons (Fsp3) is 0.180. The molecule has 0 bridgehead atoms. The Morgan fingerprint density at radius 3 is 0.962 bits per heavy atom. The number of rotatable bonds is 11. The molecular formula is C100H85N3O3. The minimum atomic E-state index is 0.574. The van der Waals surface area contributed by atoms with Crippen LogP contribution in [0.4, 0.5) is 34.1 Å². The van der Waals surface area contributed by atoms with Crippen molar-refractivity contribution in [2.45, 2.75) is 114 Å². The lowest BCUT2D eigenvalue weighted by Gasteiger charge is -2.22. The smallest absolute Gasteiger partial charge is 0.158 e. The summed E-state index contributed by atoms with van der Waals surface area (Å²) in [5.74, 6) is 1.73. The molecule has 0 aliphatic heterocycles. The van der Waals surface area contributed by atoms with E-state index >= 15 is 0 Å². The van der Waals surface area contributed by atoms with E-state index in [9.17, 15) is 0 Å². The van der Waals surface area contributed by atoms with Crippen LogP contribution in [0.1, 0.15) is 131 Å². The molecule has 0 saturated heterocycles. The topological polar surface area (TPSA) is 75.5 Å². The zero-order chi connectivity index (χ0) is 70.3. The molecule has 3 aliphatic rings. The Hall–Kier alpha value is -11.9. The van der Waals surface area contributed by atoms with Crippen LogP contribution in [0.3, 0.4) is 0 Å². The number of furan rings is 3. The van der Waals surface area contributed by atoms with Crippen molar-refractivity contribution in [1.29, 1.82) is 0 Å². The summed E-state index contributed by atoms with van der Waals surface area (Å²) in [6.45, 7) is 0. The third kappa shape index (κ3) is 12.5. The van der Waals surface area contributed by atoms with Crippen LogP contribution in [0.2, 0.25) is 0 Å². The van der Waals surface area contributed by atoms with Crippen LogP contribution in [0.5, 0.6) is 0 Å². The first-order valence-electron chi connectivity index (χ1n) is 38.8. The van der Waals surface area contributed by atoms with Gasteiger partial charge in [0.1, 0.15) is 16.7 Å². The molecule has 518 valence electrons. The van der Waals surface area contributed by atoms with Crippen LogP contribution in [0, 0.1) is 0 Å². The van der Waals surface area contributed by atoms with Gasteiger partial charge in [-0.25, -0.2) is 0 Å². The Kier molecular flexibility index (Phi) is 17.6. The largest absolute Gasteiger partial charge is 0.454 e. The van der Waals surface area contributed by atoms with Crippen molar-refractivity contribution in [3.8, 4) is 22.3 Å². The van der Waals surface area contributed by atoms with E-state index in [1.807, 2.05) is 0 Å². The number of benzene rings is 15. The molecule has 3 N–H and O–H groups in total. The summed E-state index contributed by atoms with van der Waals surface area (Å²) in [5, 5.41) is 28.5. The molecule has 6 heteroatoms. The maximum atomic E-state index is 6.80. The summed E-state index contributed by atoms with van der Waals surface area (Å²) < 4.78 is 20.4. The quantitative estimate of drug-likeness (QED) is 0.120. The van der Waals surface area contributed by atoms with Gasteiger partial charge in [-0.1, -0.05) is 282 Å². The molecule has 3 aliphatic carbocycles. The van der Waals surface area contributed by atoms with E-state index in [2.05, 4.69) is 313 Å². The second-order valence-electron chi connectivity index (χ2n) is 29.9. The first kappa shape index (κ1) is 64.9. The Bertz CT molecular complexity index is 6240. The van der Waals surface area contributed by atoms with Crippen LogP contribution in [0.15, 0.2) is 311 Å². The van der Waals surface area contributed by atoms with Crippen LogP contribution in [0.25, 0.3) is 131 Å². The predicted octanol–water partition coefficient (Wildman–Crippen LogP) is 30.1. The maximum absolute atomic E-state index is 6.80. The Labute approximate surface area is 618 Å². The van der Waals surface area contributed by atoms with E-state index in [1.165, 1.54) is 211 Å². The average molecular weight is 1380 g/mol. The first-order valence-corrected chi connectivity index (χ1v) is 38.8. The van der Waals surface area contributed by atoms with Crippen LogP contribution in [-0.2, 0) is 0 Å². The lowest BCUT2D eigenvalue weighted by molar-refractivity contribution is 0.442. The van der Waals surface area contributed by atoms with Gasteiger partial charge in [-0.3, -0.25) is 0 Å². The predicted molar refractivity (Wildman–Crippen MR) is 449 cm³/mol. The Morgan fingerprint density at radius 2 is 0.528 bits per heavy atom. The molecule has 15 aromatic carbocycles. The van der Waals surface area contributed by atoms with Crippen molar-refractivity contribution in [1.82, 2.24) is 0 Å². The maximum Gasteiger partial charge on any atom is 0.158 e. The van der Waals surface area contributed by atoms with Gasteiger partial charge >= 0.3 is 0 Å². The molecule has 21 rings (SSSR count). The zero-order valence-electron chi connectivity index (χ0n) is 59.9. The van der Waals surface area contributed by atoms with Crippen molar-refractivity contribution in [3.63, 3.8) is 0 Å². The number of para-hydroxylation sites is 3. The van der Waals surface area contributed by atoms with Crippen LogP contribution in [-0.4, -0.2) is 0 Å². The number of anilines is 6. The van der Waals surface area contributed by atoms with Gasteiger partial charge in [-0.15, -0.1) is 0 Å². The van der Waals surface area contributed by atoms with E-state index in [1.54, 1.807) is 0 Å². The van der Waals surface area contributed by atoms with Crippen molar-refractivity contribution in [2.24, 2.45) is 0 Å². The first-order chi connectivity index (χ1) is 52.5. The molecule has 6 nitrogen and oxygen atoms in total. The van der Waals surface area contributed by atoms with Gasteiger partial charge in [0.05, 0.1) is 17.1 Å². The fourth-order valence-electron chi connectivity index (χ4n) is 18.0. The molecule has 106 heavy (non-hydrogen) atoms. The van der Waals surface area contributed by atoms with Gasteiger partial charge in [0.2, 0.25) is 0 Å². The van der Waals surface area contributed by atoms with E-state index < -0.39 is 0 Å². The third-order valence-corrected chi connectivity index (χ3v) is 23.2. The lowest BCUT2D eigenvalue weighted by atomic mass is 9.82. The van der Waals surface area contributed by atoms with Gasteiger partial charge < -0.3 is 29.2 Å². The molecule has 0 spiro atoms. The second-order valence-corrected chi connectivity index (χ2v) is 29.9. The van der Waals surface area contributed by atoms with Crippen LogP contribution >= 0.6 is 0 Å². The average Bonchev–Trinajstić information content (AvgIpc) is 1.56. The van der Waals surface area contributed by atoms with Gasteiger partial charge in [0.25, 0.3) is 0 Å². The molecule has 3 heterocycles. The van der Waals surface area contributed by atoms with Gasteiger partial charge in [0.15, 0.2) is 16.7 Å². The molecule has 3 aromatic heterocycles. The molecule has 0 amide bonds. The van der Waals surface area contributed by atoms with E-state index in [-0.39, 0.29) is 0 Å². The summed E-state index contributed by atoms with van der Waals surface area (Å²) in [7, 11) is 0. The highest BCUT2D eigenvalue weighted by atomic mass is 16.3. The highest BCUT2D eigenvalue weighted by Gasteiger charge is 2.28. The van der Waals surface area contributed by atoms with Crippen molar-refractivity contribution in [2.75, 3.05) is 16.0 Å². The molecule has 0 atom stereocenters. The Balaban J connectivity index is 0.000000109. The van der Waals surface area contributed by atoms with Crippen molar-refractivity contribution < 1.29 is 13.3 Å². The summed E-state index contributed by atoms with van der Waals surface area (Å²) in [4.78, 5) is 0. The molecular weight excluding hydrogens is 1290 g/mol. The summed E-state index contributed by atoms with van der Waals surface area (Å²) in [6.07, 6.45) is 19.4. The monoisotopic (exact) mass is 1380 g/mol. The SMILES string of the molecule is c1ccc(-c2ccc(Nc3cccc4c3oc3c(C5CCCCC5)cc5ccccc5c34)cc2)cc1.c1ccc(-c2cccc(Nc3cccc4c3oc3c(C5CCCCC5)cc5ccccc5c34)c2)cc1.c1ccc2cc(Nc3cccc4c3oc3c(C5CCCCC5)cc5ccccc5c34)ccc2c1. The lowest BCUT2D eigenvalue weighted by Crippen LogP contribution is -2.04. The van der Waals surface area contributed by atoms with E-state index in [4.69, 9.17) is 13.3 Å². The minimum Gasteiger partial charge on any atom is -0.454 e. The molecule has 0 unspecified atom stereocenters. The molecule has 3 fully saturated rings. The molecule has 18 aromatic rings. The summed E-state index contributed by atoms with van der Waals surface area (Å²) in [5.41, 5.74) is 21.3. The van der Waals surface area contributed by atoms with E-state index in [0.29, 0.717) is 17.8 Å². The van der Waals surface area contributed by atoms with Gasteiger partial charge in [-0.2, -0.15) is 0 Å². The summed E-state index contributed by atoms with van der Waals surface area (Å²) in [6, 6.07) is 106. The fourth-order valence-corrected chi connectivity index (χ4v) is 18.0. The highest BCUT2D eigenvalue weighted by Crippen LogP contribution is 2.49. The summed E-state index contributed by atoms with van der Waals surface area (Å²) >= 11 is 0. The van der Waals surface area contributed by atoms with Gasteiger partial charge in [0, 0.05) is 49.4 Å². The highest BCUT2D eigenvalue weighted by molar-refractivity contribution is 6.24. The number of fused-ring (bicyclic) bond motifs is 16.